The summed E-state index contributed by atoms with van der Waals surface area (Å²) in [5, 5.41) is 9.04. The van der Waals surface area contributed by atoms with Crippen LogP contribution in [0.5, 0.6) is 0 Å². The van der Waals surface area contributed by atoms with Crippen LogP contribution in [-0.2, 0) is 14.3 Å². The third-order valence-corrected chi connectivity index (χ3v) is 4.32. The number of carboxylic acid groups (broad SMARTS) is 1. The highest BCUT2D eigenvalue weighted by Crippen LogP contribution is 2.35. The summed E-state index contributed by atoms with van der Waals surface area (Å²) in [5.41, 5.74) is 0. The van der Waals surface area contributed by atoms with Crippen LogP contribution in [-0.4, -0.2) is 36.5 Å². The Morgan fingerprint density at radius 2 is 2.05 bits per heavy atom. The Bertz CT molecular complexity index is 290. The third-order valence-electron chi connectivity index (χ3n) is 4.32. The molecule has 1 rings (SSSR count). The minimum absolute atomic E-state index is 0.273. The molecule has 0 aliphatic heterocycles. The fourth-order valence-electron chi connectivity index (χ4n) is 3.11. The second-order valence-electron chi connectivity index (χ2n) is 6.31. The predicted octanol–water partition coefficient (Wildman–Crippen LogP) is 3.34. The normalized spacial score (nSPS) is 28.6. The molecule has 0 radical (unpaired) electrons. The molecule has 0 saturated heterocycles. The topological polar surface area (TPSA) is 55.8 Å². The van der Waals surface area contributed by atoms with Gasteiger partial charge in [0, 0.05) is 13.0 Å². The van der Waals surface area contributed by atoms with Gasteiger partial charge in [-0.3, -0.25) is 0 Å². The molecule has 0 spiro atoms. The number of carbonyl (C=O) groups is 1. The van der Waals surface area contributed by atoms with Crippen LogP contribution < -0.4 is 0 Å². The van der Waals surface area contributed by atoms with Crippen molar-refractivity contribution >= 4 is 5.97 Å². The zero-order chi connectivity index (χ0) is 15.1. The second kappa shape index (κ2) is 8.63. The van der Waals surface area contributed by atoms with Gasteiger partial charge in [-0.2, -0.15) is 0 Å². The molecule has 1 saturated carbocycles. The van der Waals surface area contributed by atoms with Crippen molar-refractivity contribution in [1.82, 2.24) is 0 Å². The van der Waals surface area contributed by atoms with E-state index in [0.29, 0.717) is 37.4 Å². The van der Waals surface area contributed by atoms with Gasteiger partial charge in [-0.25, -0.2) is 4.79 Å². The van der Waals surface area contributed by atoms with Crippen molar-refractivity contribution in [3.8, 4) is 0 Å². The van der Waals surface area contributed by atoms with E-state index in [1.54, 1.807) is 0 Å². The molecule has 20 heavy (non-hydrogen) atoms. The summed E-state index contributed by atoms with van der Waals surface area (Å²) in [6, 6.07) is 0. The zero-order valence-electron chi connectivity index (χ0n) is 13.3. The smallest absolute Gasteiger partial charge is 0.332 e. The van der Waals surface area contributed by atoms with Gasteiger partial charge in [0.15, 0.2) is 6.10 Å². The van der Waals surface area contributed by atoms with E-state index in [-0.39, 0.29) is 6.10 Å². The molecule has 4 unspecified atom stereocenters. The lowest BCUT2D eigenvalue weighted by molar-refractivity contribution is -0.152. The first-order valence-corrected chi connectivity index (χ1v) is 7.91. The molecule has 0 amide bonds. The lowest BCUT2D eigenvalue weighted by Gasteiger charge is -2.37. The molecule has 1 N–H and O–H groups in total. The Hall–Kier alpha value is -0.610. The van der Waals surface area contributed by atoms with Gasteiger partial charge < -0.3 is 14.6 Å². The van der Waals surface area contributed by atoms with E-state index < -0.39 is 12.1 Å². The van der Waals surface area contributed by atoms with E-state index in [1.165, 1.54) is 12.8 Å². The molecule has 118 valence electrons. The van der Waals surface area contributed by atoms with Crippen molar-refractivity contribution in [2.75, 3.05) is 13.2 Å². The van der Waals surface area contributed by atoms with Crippen LogP contribution in [0.2, 0.25) is 0 Å². The standard InChI is InChI=1S/C16H30O4/c1-5-19-14(16(17)18)8-9-20-15-10-12(4)6-7-13(15)11(2)3/h11-15H,5-10H2,1-4H3,(H,17,18). The second-order valence-corrected chi connectivity index (χ2v) is 6.31. The first-order chi connectivity index (χ1) is 9.45. The molecule has 1 aliphatic rings. The largest absolute Gasteiger partial charge is 0.479 e. The van der Waals surface area contributed by atoms with Crippen LogP contribution in [0.4, 0.5) is 0 Å². The lowest BCUT2D eigenvalue weighted by Crippen LogP contribution is -2.35. The lowest BCUT2D eigenvalue weighted by atomic mass is 9.75. The quantitative estimate of drug-likeness (QED) is 0.743. The van der Waals surface area contributed by atoms with E-state index in [1.807, 2.05) is 6.92 Å². The average Bonchev–Trinajstić information content (AvgIpc) is 2.37. The van der Waals surface area contributed by atoms with Crippen molar-refractivity contribution in [3.05, 3.63) is 0 Å². The number of ether oxygens (including phenoxy) is 2. The van der Waals surface area contributed by atoms with Crippen molar-refractivity contribution in [1.29, 1.82) is 0 Å². The van der Waals surface area contributed by atoms with E-state index in [4.69, 9.17) is 14.6 Å². The Morgan fingerprint density at radius 3 is 2.60 bits per heavy atom. The number of rotatable bonds is 8. The van der Waals surface area contributed by atoms with Crippen LogP contribution in [0, 0.1) is 17.8 Å². The van der Waals surface area contributed by atoms with Gasteiger partial charge >= 0.3 is 5.97 Å². The molecule has 0 heterocycles. The first-order valence-electron chi connectivity index (χ1n) is 7.91. The highest BCUT2D eigenvalue weighted by Gasteiger charge is 2.31. The molecule has 1 aliphatic carbocycles. The van der Waals surface area contributed by atoms with Crippen molar-refractivity contribution in [3.63, 3.8) is 0 Å². The summed E-state index contributed by atoms with van der Waals surface area (Å²) in [6.07, 6.45) is 3.55. The van der Waals surface area contributed by atoms with Gasteiger partial charge in [-0.1, -0.05) is 27.2 Å². The van der Waals surface area contributed by atoms with Gasteiger partial charge in [0.1, 0.15) is 0 Å². The van der Waals surface area contributed by atoms with Crippen molar-refractivity contribution in [2.24, 2.45) is 17.8 Å². The zero-order valence-corrected chi connectivity index (χ0v) is 13.3. The Kier molecular flexibility index (Phi) is 7.52. The van der Waals surface area contributed by atoms with Crippen LogP contribution in [0.15, 0.2) is 0 Å². The monoisotopic (exact) mass is 286 g/mol. The molecular formula is C16H30O4. The fraction of sp³-hybridized carbons (Fsp3) is 0.938. The number of hydrogen-bond donors (Lipinski definition) is 1. The third kappa shape index (κ3) is 5.41. The number of carboxylic acids is 1. The SMILES string of the molecule is CCOC(CCOC1CC(C)CCC1C(C)C)C(=O)O. The van der Waals surface area contributed by atoms with E-state index in [0.717, 1.165) is 6.42 Å². The molecule has 4 atom stereocenters. The Morgan fingerprint density at radius 1 is 1.35 bits per heavy atom. The molecule has 0 aromatic carbocycles. The van der Waals surface area contributed by atoms with Gasteiger partial charge in [0.05, 0.1) is 12.7 Å². The molecule has 0 bridgehead atoms. The molecule has 4 heteroatoms. The van der Waals surface area contributed by atoms with Crippen LogP contribution >= 0.6 is 0 Å². The number of hydrogen-bond acceptors (Lipinski definition) is 3. The summed E-state index contributed by atoms with van der Waals surface area (Å²) in [4.78, 5) is 11.0. The average molecular weight is 286 g/mol. The summed E-state index contributed by atoms with van der Waals surface area (Å²) in [5.74, 6) is 1.03. The van der Waals surface area contributed by atoms with Gasteiger partial charge in [0.25, 0.3) is 0 Å². The Labute approximate surface area is 122 Å². The molecule has 0 aromatic rings. The summed E-state index contributed by atoms with van der Waals surface area (Å²) in [6.45, 7) is 9.47. The maximum absolute atomic E-state index is 11.0. The molecular weight excluding hydrogens is 256 g/mol. The fourth-order valence-corrected chi connectivity index (χ4v) is 3.11. The van der Waals surface area contributed by atoms with E-state index in [9.17, 15) is 4.79 Å². The summed E-state index contributed by atoms with van der Waals surface area (Å²) in [7, 11) is 0. The minimum atomic E-state index is -0.895. The molecule has 0 aromatic heterocycles. The van der Waals surface area contributed by atoms with Gasteiger partial charge in [-0.05, 0) is 37.5 Å². The number of aliphatic carboxylic acids is 1. The van der Waals surface area contributed by atoms with Crippen LogP contribution in [0.3, 0.4) is 0 Å². The molecule has 4 nitrogen and oxygen atoms in total. The Balaban J connectivity index is 2.42. The first kappa shape index (κ1) is 17.4. The minimum Gasteiger partial charge on any atom is -0.479 e. The highest BCUT2D eigenvalue weighted by atomic mass is 16.5. The van der Waals surface area contributed by atoms with Crippen LogP contribution in [0.1, 0.15) is 53.4 Å². The van der Waals surface area contributed by atoms with E-state index in [2.05, 4.69) is 20.8 Å². The highest BCUT2D eigenvalue weighted by molar-refractivity contribution is 5.72. The summed E-state index contributed by atoms with van der Waals surface area (Å²) >= 11 is 0. The summed E-state index contributed by atoms with van der Waals surface area (Å²) < 4.78 is 11.2. The maximum Gasteiger partial charge on any atom is 0.332 e. The van der Waals surface area contributed by atoms with Gasteiger partial charge in [-0.15, -0.1) is 0 Å². The van der Waals surface area contributed by atoms with Crippen LogP contribution in [0.25, 0.3) is 0 Å². The van der Waals surface area contributed by atoms with Gasteiger partial charge in [0.2, 0.25) is 0 Å². The predicted molar refractivity (Wildman–Crippen MR) is 78.7 cm³/mol. The maximum atomic E-state index is 11.0. The van der Waals surface area contributed by atoms with Crippen molar-refractivity contribution in [2.45, 2.75) is 65.6 Å². The van der Waals surface area contributed by atoms with Crippen molar-refractivity contribution < 1.29 is 19.4 Å². The molecule has 1 fully saturated rings. The van der Waals surface area contributed by atoms with E-state index >= 15 is 0 Å².